The molecule has 2 heterocycles. The highest BCUT2D eigenvalue weighted by Gasteiger charge is 2.47. The molecule has 1 N–H and O–H groups in total. The van der Waals surface area contributed by atoms with Gasteiger partial charge in [-0.05, 0) is 43.9 Å². The maximum Gasteiger partial charge on any atom is 0.226 e. The summed E-state index contributed by atoms with van der Waals surface area (Å²) in [5, 5.41) is 7.11. The van der Waals surface area contributed by atoms with E-state index in [0.717, 1.165) is 19.5 Å². The fourth-order valence-electron chi connectivity index (χ4n) is 3.86. The van der Waals surface area contributed by atoms with Crippen molar-refractivity contribution in [2.45, 2.75) is 45.1 Å². The Labute approximate surface area is 136 Å². The average molecular weight is 316 g/mol. The first-order valence-corrected chi connectivity index (χ1v) is 8.73. The second-order valence-electron chi connectivity index (χ2n) is 7.29. The molecule has 0 spiro atoms. The number of nitrogens with one attached hydrogen (secondary N) is 1. The lowest BCUT2D eigenvalue weighted by Gasteiger charge is -2.23. The summed E-state index contributed by atoms with van der Waals surface area (Å²) in [6.07, 6.45) is 7.79. The number of anilines is 1. The van der Waals surface area contributed by atoms with Crippen molar-refractivity contribution in [3.8, 4) is 0 Å². The lowest BCUT2D eigenvalue weighted by molar-refractivity contribution is -0.136. The van der Waals surface area contributed by atoms with Crippen LogP contribution in [-0.4, -0.2) is 39.6 Å². The van der Waals surface area contributed by atoms with E-state index in [9.17, 15) is 9.59 Å². The van der Waals surface area contributed by atoms with Gasteiger partial charge in [-0.25, -0.2) is 0 Å². The number of rotatable bonds is 5. The minimum absolute atomic E-state index is 0.116. The quantitative estimate of drug-likeness (QED) is 0.904. The monoisotopic (exact) mass is 316 g/mol. The van der Waals surface area contributed by atoms with Crippen molar-refractivity contribution in [1.82, 2.24) is 14.7 Å². The first kappa shape index (κ1) is 14.7. The number of hydrogen-bond donors (Lipinski definition) is 1. The fraction of sp³-hybridized carbons (Fsp3) is 0.706. The van der Waals surface area contributed by atoms with Crippen molar-refractivity contribution < 1.29 is 9.59 Å². The molecule has 2 aliphatic carbocycles. The largest absolute Gasteiger partial charge is 0.340 e. The molecular weight excluding hydrogens is 292 g/mol. The molecule has 3 aliphatic rings. The summed E-state index contributed by atoms with van der Waals surface area (Å²) >= 11 is 0. The van der Waals surface area contributed by atoms with Gasteiger partial charge < -0.3 is 10.2 Å². The van der Waals surface area contributed by atoms with Gasteiger partial charge in [0.1, 0.15) is 0 Å². The van der Waals surface area contributed by atoms with E-state index >= 15 is 0 Å². The summed E-state index contributed by atoms with van der Waals surface area (Å²) in [6.45, 7) is 3.05. The third-order valence-electron chi connectivity index (χ3n) is 5.31. The molecule has 4 rings (SSSR count). The number of hydrogen-bond acceptors (Lipinski definition) is 3. The lowest BCUT2D eigenvalue weighted by Crippen LogP contribution is -2.36. The Bertz CT molecular complexity index is 606. The molecule has 1 saturated heterocycles. The molecule has 6 nitrogen and oxygen atoms in total. The van der Waals surface area contributed by atoms with Crippen LogP contribution in [0.2, 0.25) is 0 Å². The zero-order chi connectivity index (χ0) is 16.0. The highest BCUT2D eigenvalue weighted by Crippen LogP contribution is 2.50. The maximum absolute atomic E-state index is 12.9. The Kier molecular flexibility index (Phi) is 3.62. The molecular formula is C17H24N4O2. The van der Waals surface area contributed by atoms with Gasteiger partial charge in [-0.15, -0.1) is 0 Å². The van der Waals surface area contributed by atoms with E-state index in [1.54, 1.807) is 0 Å². The Balaban J connectivity index is 1.39. The zero-order valence-corrected chi connectivity index (χ0v) is 13.6. The molecule has 1 unspecified atom stereocenters. The third-order valence-corrected chi connectivity index (χ3v) is 5.31. The van der Waals surface area contributed by atoms with E-state index in [0.29, 0.717) is 29.5 Å². The van der Waals surface area contributed by atoms with Crippen LogP contribution in [0, 0.1) is 17.8 Å². The summed E-state index contributed by atoms with van der Waals surface area (Å²) in [5.74, 6) is 2.45. The van der Waals surface area contributed by atoms with Crippen LogP contribution in [0.1, 0.15) is 45.1 Å². The first-order valence-electron chi connectivity index (χ1n) is 8.73. The van der Waals surface area contributed by atoms with Gasteiger partial charge in [0.25, 0.3) is 0 Å². The predicted octanol–water partition coefficient (Wildman–Crippen LogP) is 2.05. The van der Waals surface area contributed by atoms with Crippen LogP contribution < -0.4 is 5.32 Å². The Hall–Kier alpha value is -1.85. The van der Waals surface area contributed by atoms with Crippen LogP contribution in [0.5, 0.6) is 0 Å². The molecule has 3 fully saturated rings. The number of amides is 2. The molecule has 6 heteroatoms. The van der Waals surface area contributed by atoms with E-state index in [-0.39, 0.29) is 11.9 Å². The van der Waals surface area contributed by atoms with Crippen LogP contribution in [-0.2, 0) is 9.59 Å². The van der Waals surface area contributed by atoms with E-state index in [1.165, 1.54) is 32.6 Å². The predicted molar refractivity (Wildman–Crippen MR) is 85.7 cm³/mol. The van der Waals surface area contributed by atoms with E-state index in [1.807, 2.05) is 21.8 Å². The van der Waals surface area contributed by atoms with Crippen molar-refractivity contribution in [1.29, 1.82) is 0 Å². The number of carbonyl (C=O) groups is 2. The minimum Gasteiger partial charge on any atom is -0.340 e. The van der Waals surface area contributed by atoms with Crippen LogP contribution >= 0.6 is 0 Å². The average Bonchev–Trinajstić information content (AvgIpc) is 3.42. The van der Waals surface area contributed by atoms with Crippen molar-refractivity contribution in [3.63, 3.8) is 0 Å². The number of nitrogens with zero attached hydrogens (tertiary/aromatic N) is 3. The summed E-state index contributed by atoms with van der Waals surface area (Å²) in [4.78, 5) is 26.0. The molecule has 124 valence electrons. The van der Waals surface area contributed by atoms with Crippen molar-refractivity contribution in [3.05, 3.63) is 12.3 Å². The Morgan fingerprint density at radius 1 is 1.22 bits per heavy atom. The molecule has 1 atom stereocenters. The van der Waals surface area contributed by atoms with Crippen LogP contribution in [0.25, 0.3) is 0 Å². The highest BCUT2D eigenvalue weighted by atomic mass is 16.2. The Morgan fingerprint density at radius 3 is 2.52 bits per heavy atom. The Morgan fingerprint density at radius 2 is 1.91 bits per heavy atom. The molecule has 23 heavy (non-hydrogen) atoms. The van der Waals surface area contributed by atoms with Crippen molar-refractivity contribution >= 4 is 17.6 Å². The normalized spacial score (nSPS) is 24.3. The third kappa shape index (κ3) is 3.12. The summed E-state index contributed by atoms with van der Waals surface area (Å²) in [7, 11) is 0. The minimum atomic E-state index is -0.116. The zero-order valence-electron chi connectivity index (χ0n) is 13.6. The van der Waals surface area contributed by atoms with Gasteiger partial charge in [0, 0.05) is 38.2 Å². The number of likely N-dealkylation sites (tertiary alicyclic amines) is 1. The molecule has 2 amide bonds. The maximum atomic E-state index is 12.9. The molecule has 2 saturated carbocycles. The molecule has 1 aliphatic heterocycles. The summed E-state index contributed by atoms with van der Waals surface area (Å²) < 4.78 is 1.89. The van der Waals surface area contributed by atoms with Gasteiger partial charge in [-0.2, -0.15) is 5.10 Å². The highest BCUT2D eigenvalue weighted by molar-refractivity contribution is 5.87. The number of aromatic nitrogens is 2. The van der Waals surface area contributed by atoms with Gasteiger partial charge in [0.05, 0.1) is 6.04 Å². The fourth-order valence-corrected chi connectivity index (χ4v) is 3.86. The van der Waals surface area contributed by atoms with E-state index in [4.69, 9.17) is 0 Å². The molecule has 1 aromatic rings. The molecule has 0 radical (unpaired) electrons. The van der Waals surface area contributed by atoms with Gasteiger partial charge in [-0.3, -0.25) is 14.3 Å². The van der Waals surface area contributed by atoms with Crippen molar-refractivity contribution in [2.24, 2.45) is 17.8 Å². The van der Waals surface area contributed by atoms with Gasteiger partial charge in [0.2, 0.25) is 11.8 Å². The first-order chi connectivity index (χ1) is 11.1. The van der Waals surface area contributed by atoms with Crippen LogP contribution in [0.4, 0.5) is 5.82 Å². The standard InChI is InChI=1S/C17H24N4O2/c1-11(22)18-15-7-9-21(19-15)14-6-8-20(10-14)17(23)16(12-2-3-12)13-4-5-13/h7,9,12-14,16H,2-6,8,10H2,1H3,(H,18,19,22). The SMILES string of the molecule is CC(=O)Nc1ccn(C2CCN(C(=O)C(C3CC3)C3CC3)C2)n1. The molecule has 0 bridgehead atoms. The summed E-state index contributed by atoms with van der Waals surface area (Å²) in [6, 6.07) is 2.03. The van der Waals surface area contributed by atoms with E-state index in [2.05, 4.69) is 10.4 Å². The van der Waals surface area contributed by atoms with Gasteiger partial charge in [-0.1, -0.05) is 0 Å². The molecule has 0 aromatic carbocycles. The smallest absolute Gasteiger partial charge is 0.226 e. The van der Waals surface area contributed by atoms with Gasteiger partial charge in [0.15, 0.2) is 5.82 Å². The summed E-state index contributed by atoms with van der Waals surface area (Å²) in [5.41, 5.74) is 0. The topological polar surface area (TPSA) is 67.2 Å². The molecule has 1 aromatic heterocycles. The van der Waals surface area contributed by atoms with Gasteiger partial charge >= 0.3 is 0 Å². The van der Waals surface area contributed by atoms with Crippen LogP contribution in [0.15, 0.2) is 12.3 Å². The second kappa shape index (κ2) is 5.65. The van der Waals surface area contributed by atoms with Crippen LogP contribution in [0.3, 0.4) is 0 Å². The van der Waals surface area contributed by atoms with E-state index < -0.39 is 0 Å². The lowest BCUT2D eigenvalue weighted by atomic mass is 9.96. The second-order valence-corrected chi connectivity index (χ2v) is 7.29. The van der Waals surface area contributed by atoms with Crippen molar-refractivity contribution in [2.75, 3.05) is 18.4 Å². The number of carbonyl (C=O) groups excluding carboxylic acids is 2.